The van der Waals surface area contributed by atoms with E-state index in [0.29, 0.717) is 24.7 Å². The first-order chi connectivity index (χ1) is 8.74. The van der Waals surface area contributed by atoms with E-state index in [1.807, 2.05) is 13.0 Å². The lowest BCUT2D eigenvalue weighted by Gasteiger charge is -2.11. The molecule has 1 aromatic heterocycles. The van der Waals surface area contributed by atoms with Crippen LogP contribution in [-0.2, 0) is 4.74 Å². The van der Waals surface area contributed by atoms with Crippen LogP contribution in [0.2, 0.25) is 0 Å². The minimum absolute atomic E-state index is 0.203. The third kappa shape index (κ3) is 5.77. The van der Waals surface area contributed by atoms with E-state index in [1.165, 1.54) is 0 Å². The van der Waals surface area contributed by atoms with Crippen molar-refractivity contribution in [1.82, 2.24) is 4.98 Å². The van der Waals surface area contributed by atoms with E-state index in [1.54, 1.807) is 12.3 Å². The SMILES string of the molecule is CCCOc1cccnc1NCCOCC(F)F. The Bertz CT molecular complexity index is 338. The Hall–Kier alpha value is -1.43. The van der Waals surface area contributed by atoms with Crippen molar-refractivity contribution >= 4 is 5.82 Å². The van der Waals surface area contributed by atoms with Gasteiger partial charge in [0.15, 0.2) is 11.6 Å². The van der Waals surface area contributed by atoms with Gasteiger partial charge >= 0.3 is 0 Å². The Balaban J connectivity index is 2.32. The van der Waals surface area contributed by atoms with Crippen molar-refractivity contribution in [2.24, 2.45) is 0 Å². The fraction of sp³-hybridized carbons (Fsp3) is 0.583. The monoisotopic (exact) mass is 260 g/mol. The van der Waals surface area contributed by atoms with Crippen LogP contribution in [0.4, 0.5) is 14.6 Å². The van der Waals surface area contributed by atoms with Crippen LogP contribution in [0.3, 0.4) is 0 Å². The number of anilines is 1. The van der Waals surface area contributed by atoms with Crippen molar-refractivity contribution in [2.45, 2.75) is 19.8 Å². The highest BCUT2D eigenvalue weighted by molar-refractivity contribution is 5.49. The molecule has 4 nitrogen and oxygen atoms in total. The highest BCUT2D eigenvalue weighted by atomic mass is 19.3. The van der Waals surface area contributed by atoms with Gasteiger partial charge in [0.05, 0.1) is 13.2 Å². The second kappa shape index (κ2) is 8.63. The predicted molar refractivity (Wildman–Crippen MR) is 65.3 cm³/mol. The number of pyridine rings is 1. The zero-order valence-corrected chi connectivity index (χ0v) is 10.4. The topological polar surface area (TPSA) is 43.4 Å². The number of hydrogen-bond donors (Lipinski definition) is 1. The van der Waals surface area contributed by atoms with E-state index in [9.17, 15) is 8.78 Å². The molecular formula is C12H18F2N2O2. The Morgan fingerprint density at radius 3 is 2.94 bits per heavy atom. The van der Waals surface area contributed by atoms with Crippen LogP contribution in [0.1, 0.15) is 13.3 Å². The molecular weight excluding hydrogens is 242 g/mol. The van der Waals surface area contributed by atoms with Gasteiger partial charge in [0, 0.05) is 12.7 Å². The number of ether oxygens (including phenoxy) is 2. The summed E-state index contributed by atoms with van der Waals surface area (Å²) in [6.45, 7) is 2.70. The number of rotatable bonds is 9. The molecule has 0 aliphatic heterocycles. The summed E-state index contributed by atoms with van der Waals surface area (Å²) in [5, 5.41) is 2.99. The van der Waals surface area contributed by atoms with Crippen molar-refractivity contribution in [2.75, 3.05) is 31.7 Å². The van der Waals surface area contributed by atoms with Crippen molar-refractivity contribution in [3.8, 4) is 5.75 Å². The zero-order chi connectivity index (χ0) is 13.2. The van der Waals surface area contributed by atoms with Crippen LogP contribution in [0.5, 0.6) is 5.75 Å². The number of alkyl halides is 2. The molecule has 0 amide bonds. The van der Waals surface area contributed by atoms with E-state index in [2.05, 4.69) is 10.3 Å². The third-order valence-corrected chi connectivity index (χ3v) is 2.02. The summed E-state index contributed by atoms with van der Waals surface area (Å²) >= 11 is 0. The van der Waals surface area contributed by atoms with E-state index in [0.717, 1.165) is 6.42 Å². The maximum Gasteiger partial charge on any atom is 0.261 e. The number of aromatic nitrogens is 1. The molecule has 1 N–H and O–H groups in total. The molecule has 0 fully saturated rings. The minimum Gasteiger partial charge on any atom is -0.490 e. The normalized spacial score (nSPS) is 10.7. The number of nitrogens with one attached hydrogen (secondary N) is 1. The molecule has 0 aliphatic rings. The van der Waals surface area contributed by atoms with E-state index in [4.69, 9.17) is 9.47 Å². The molecule has 0 bridgehead atoms. The first-order valence-electron chi connectivity index (χ1n) is 5.91. The molecule has 0 aliphatic carbocycles. The first-order valence-corrected chi connectivity index (χ1v) is 5.91. The maximum atomic E-state index is 11.8. The Kier molecular flexibility index (Phi) is 7.01. The smallest absolute Gasteiger partial charge is 0.261 e. The van der Waals surface area contributed by atoms with Gasteiger partial charge < -0.3 is 14.8 Å². The Morgan fingerprint density at radius 2 is 2.22 bits per heavy atom. The van der Waals surface area contributed by atoms with Gasteiger partial charge in [-0.15, -0.1) is 0 Å². The summed E-state index contributed by atoms with van der Waals surface area (Å²) in [7, 11) is 0. The average molecular weight is 260 g/mol. The van der Waals surface area contributed by atoms with Crippen molar-refractivity contribution in [1.29, 1.82) is 0 Å². The van der Waals surface area contributed by atoms with Crippen LogP contribution in [0.15, 0.2) is 18.3 Å². The molecule has 0 atom stereocenters. The maximum absolute atomic E-state index is 11.8. The summed E-state index contributed by atoms with van der Waals surface area (Å²) in [6.07, 6.45) is 0.121. The van der Waals surface area contributed by atoms with Crippen molar-refractivity contribution in [3.05, 3.63) is 18.3 Å². The summed E-state index contributed by atoms with van der Waals surface area (Å²) in [5.74, 6) is 1.26. The molecule has 0 radical (unpaired) electrons. The molecule has 18 heavy (non-hydrogen) atoms. The molecule has 102 valence electrons. The van der Waals surface area contributed by atoms with Crippen LogP contribution >= 0.6 is 0 Å². The molecule has 0 unspecified atom stereocenters. The standard InChI is InChI=1S/C12H18F2N2O2/c1-2-7-18-10-4-3-5-15-12(10)16-6-8-17-9-11(13)14/h3-5,11H,2,6-9H2,1H3,(H,15,16). The number of halogens is 2. The zero-order valence-electron chi connectivity index (χ0n) is 10.4. The van der Waals surface area contributed by atoms with E-state index < -0.39 is 13.0 Å². The Morgan fingerprint density at radius 1 is 1.39 bits per heavy atom. The van der Waals surface area contributed by atoms with Crippen molar-refractivity contribution < 1.29 is 18.3 Å². The molecule has 6 heteroatoms. The quantitative estimate of drug-likeness (QED) is 0.693. The molecule has 1 aromatic rings. The summed E-state index contributed by atoms with van der Waals surface area (Å²) in [6, 6.07) is 3.59. The second-order valence-electron chi connectivity index (χ2n) is 3.59. The summed E-state index contributed by atoms with van der Waals surface area (Å²) in [4.78, 5) is 4.12. The van der Waals surface area contributed by atoms with Gasteiger partial charge in [-0.25, -0.2) is 13.8 Å². The van der Waals surface area contributed by atoms with Gasteiger partial charge in [0.1, 0.15) is 6.61 Å². The van der Waals surface area contributed by atoms with Crippen LogP contribution in [0, 0.1) is 0 Å². The van der Waals surface area contributed by atoms with Crippen LogP contribution in [-0.4, -0.2) is 37.8 Å². The van der Waals surface area contributed by atoms with Crippen LogP contribution in [0.25, 0.3) is 0 Å². The molecule has 0 aromatic carbocycles. The van der Waals surface area contributed by atoms with Gasteiger partial charge in [0.2, 0.25) is 0 Å². The molecule has 1 rings (SSSR count). The third-order valence-electron chi connectivity index (χ3n) is 2.02. The minimum atomic E-state index is -2.43. The first kappa shape index (κ1) is 14.6. The van der Waals surface area contributed by atoms with Gasteiger partial charge in [-0.1, -0.05) is 6.92 Å². The molecule has 1 heterocycles. The van der Waals surface area contributed by atoms with Gasteiger partial charge in [-0.3, -0.25) is 0 Å². The summed E-state index contributed by atoms with van der Waals surface area (Å²) in [5.41, 5.74) is 0. The molecule has 0 saturated carbocycles. The highest BCUT2D eigenvalue weighted by Gasteiger charge is 2.04. The number of nitrogens with zero attached hydrogens (tertiary/aromatic N) is 1. The molecule has 0 spiro atoms. The lowest BCUT2D eigenvalue weighted by atomic mass is 10.4. The van der Waals surface area contributed by atoms with Gasteiger partial charge in [0.25, 0.3) is 6.43 Å². The second-order valence-corrected chi connectivity index (χ2v) is 3.59. The summed E-state index contributed by atoms with van der Waals surface area (Å²) < 4.78 is 33.9. The Labute approximate surface area is 105 Å². The van der Waals surface area contributed by atoms with Gasteiger partial charge in [-0.05, 0) is 18.6 Å². The van der Waals surface area contributed by atoms with Crippen LogP contribution < -0.4 is 10.1 Å². The fourth-order valence-electron chi connectivity index (χ4n) is 1.27. The largest absolute Gasteiger partial charge is 0.490 e. The molecule has 0 saturated heterocycles. The van der Waals surface area contributed by atoms with Crippen molar-refractivity contribution in [3.63, 3.8) is 0 Å². The fourth-order valence-corrected chi connectivity index (χ4v) is 1.27. The van der Waals surface area contributed by atoms with Gasteiger partial charge in [-0.2, -0.15) is 0 Å². The predicted octanol–water partition coefficient (Wildman–Crippen LogP) is 2.56. The average Bonchev–Trinajstić information content (AvgIpc) is 2.36. The lowest BCUT2D eigenvalue weighted by Crippen LogP contribution is -2.14. The van der Waals surface area contributed by atoms with E-state index in [-0.39, 0.29) is 6.61 Å². The highest BCUT2D eigenvalue weighted by Crippen LogP contribution is 2.20. The van der Waals surface area contributed by atoms with E-state index >= 15 is 0 Å². The lowest BCUT2D eigenvalue weighted by molar-refractivity contribution is 0.0214. The number of hydrogen-bond acceptors (Lipinski definition) is 4.